The van der Waals surface area contributed by atoms with Gasteiger partial charge in [0.25, 0.3) is 0 Å². The summed E-state index contributed by atoms with van der Waals surface area (Å²) >= 11 is 13.2. The average molecular weight is 328 g/mol. The number of aliphatic imine (C=N–C) groups is 1. The minimum absolute atomic E-state index is 0.137. The molecule has 1 aromatic heterocycles. The van der Waals surface area contributed by atoms with Gasteiger partial charge in [-0.05, 0) is 18.4 Å². The molecule has 0 atom stereocenters. The smallest absolute Gasteiger partial charge is 0.212 e. The van der Waals surface area contributed by atoms with Crippen LogP contribution in [0.4, 0.5) is 5.69 Å². The van der Waals surface area contributed by atoms with Gasteiger partial charge in [-0.1, -0.05) is 35.0 Å². The summed E-state index contributed by atoms with van der Waals surface area (Å²) in [7, 11) is 0. The molecule has 1 aliphatic heterocycles. The minimum atomic E-state index is -0.162. The van der Waals surface area contributed by atoms with Crippen molar-refractivity contribution < 1.29 is 5.11 Å². The van der Waals surface area contributed by atoms with Gasteiger partial charge in [0, 0.05) is 0 Å². The van der Waals surface area contributed by atoms with Gasteiger partial charge in [-0.2, -0.15) is 9.78 Å². The lowest BCUT2D eigenvalue weighted by Gasteiger charge is -2.01. The molecule has 0 bridgehead atoms. The second-order valence-corrected chi connectivity index (χ2v) is 5.41. The quantitative estimate of drug-likeness (QED) is 0.860. The molecule has 102 valence electrons. The van der Waals surface area contributed by atoms with Gasteiger partial charge in [0.2, 0.25) is 11.0 Å². The van der Waals surface area contributed by atoms with Crippen molar-refractivity contribution in [2.45, 2.75) is 5.16 Å². The van der Waals surface area contributed by atoms with E-state index in [9.17, 15) is 5.11 Å². The highest BCUT2D eigenvalue weighted by Gasteiger charge is 2.20. The highest BCUT2D eigenvalue weighted by Crippen LogP contribution is 2.36. The van der Waals surface area contributed by atoms with E-state index in [-0.39, 0.29) is 15.8 Å². The average Bonchev–Trinajstić information content (AvgIpc) is 2.98. The van der Waals surface area contributed by atoms with Crippen molar-refractivity contribution in [3.63, 3.8) is 0 Å². The Kier molecular flexibility index (Phi) is 3.41. The van der Waals surface area contributed by atoms with E-state index in [1.807, 2.05) is 6.26 Å². The highest BCUT2D eigenvalue weighted by molar-refractivity contribution is 7.98. The number of nitrogens with zero attached hydrogens (tertiary/aromatic N) is 5. The van der Waals surface area contributed by atoms with E-state index in [0.717, 1.165) is 0 Å². The van der Waals surface area contributed by atoms with Crippen LogP contribution in [0, 0.1) is 0 Å². The zero-order valence-corrected chi connectivity index (χ0v) is 12.4. The Labute approximate surface area is 128 Å². The van der Waals surface area contributed by atoms with Crippen LogP contribution in [0.2, 0.25) is 10.0 Å². The maximum absolute atomic E-state index is 9.52. The Hall–Kier alpha value is -1.57. The van der Waals surface area contributed by atoms with Crippen LogP contribution in [-0.4, -0.2) is 38.2 Å². The summed E-state index contributed by atoms with van der Waals surface area (Å²) in [6.45, 7) is 0. The number of halogens is 2. The molecule has 6 nitrogen and oxygen atoms in total. The van der Waals surface area contributed by atoms with Gasteiger partial charge < -0.3 is 5.11 Å². The third kappa shape index (κ3) is 2.17. The first-order valence-corrected chi connectivity index (χ1v) is 7.39. The van der Waals surface area contributed by atoms with E-state index in [1.165, 1.54) is 23.9 Å². The van der Waals surface area contributed by atoms with Gasteiger partial charge in [0.1, 0.15) is 5.71 Å². The molecule has 2 heterocycles. The monoisotopic (exact) mass is 327 g/mol. The molecule has 9 heteroatoms. The van der Waals surface area contributed by atoms with Crippen molar-refractivity contribution >= 4 is 52.6 Å². The molecular formula is C11H7Cl2N5OS. The number of thioether (sulfide) groups is 1. The zero-order valence-electron chi connectivity index (χ0n) is 10.1. The third-order valence-electron chi connectivity index (χ3n) is 2.57. The van der Waals surface area contributed by atoms with E-state index in [4.69, 9.17) is 23.2 Å². The largest absolute Gasteiger partial charge is 0.505 e. The number of aromatic nitrogens is 3. The summed E-state index contributed by atoms with van der Waals surface area (Å²) in [4.78, 5) is 4.36. The number of fused-ring (bicyclic) bond motifs is 1. The van der Waals surface area contributed by atoms with E-state index in [2.05, 4.69) is 20.3 Å². The van der Waals surface area contributed by atoms with Crippen molar-refractivity contribution in [1.82, 2.24) is 14.9 Å². The summed E-state index contributed by atoms with van der Waals surface area (Å²) in [5.41, 5.74) is 1.05. The van der Waals surface area contributed by atoms with Crippen molar-refractivity contribution in [2.24, 2.45) is 10.1 Å². The standard InChI is InChI=1S/C11H7Cl2N5OS/c1-20-11-17-16-10-8(4-14-18(10)11)15-5-2-6(12)9(19)7(13)3-5/h2-4,19H,1H3. The summed E-state index contributed by atoms with van der Waals surface area (Å²) in [5.74, 6) is 0.389. The van der Waals surface area contributed by atoms with Crippen LogP contribution in [0.5, 0.6) is 5.75 Å². The van der Waals surface area contributed by atoms with Crippen molar-refractivity contribution in [3.05, 3.63) is 28.0 Å². The maximum atomic E-state index is 9.52. The van der Waals surface area contributed by atoms with Gasteiger partial charge in [-0.15, -0.1) is 10.2 Å². The van der Waals surface area contributed by atoms with Crippen molar-refractivity contribution in [2.75, 3.05) is 6.26 Å². The van der Waals surface area contributed by atoms with Crippen LogP contribution in [-0.2, 0) is 0 Å². The van der Waals surface area contributed by atoms with E-state index in [0.29, 0.717) is 22.4 Å². The van der Waals surface area contributed by atoms with Gasteiger partial charge >= 0.3 is 0 Å². The number of benzene rings is 1. The number of phenols is 1. The lowest BCUT2D eigenvalue weighted by molar-refractivity contribution is 0.476. The summed E-state index contributed by atoms with van der Waals surface area (Å²) in [6, 6.07) is 3.02. The van der Waals surface area contributed by atoms with Crippen LogP contribution in [0.1, 0.15) is 5.82 Å². The molecule has 1 N–H and O–H groups in total. The summed E-state index contributed by atoms with van der Waals surface area (Å²) in [6.07, 6.45) is 3.47. The Balaban J connectivity index is 2.04. The molecule has 20 heavy (non-hydrogen) atoms. The molecule has 1 aromatic carbocycles. The highest BCUT2D eigenvalue weighted by atomic mass is 35.5. The first-order valence-electron chi connectivity index (χ1n) is 5.41. The van der Waals surface area contributed by atoms with E-state index in [1.54, 1.807) is 10.9 Å². The molecule has 0 saturated heterocycles. The molecular weight excluding hydrogens is 321 g/mol. The summed E-state index contributed by atoms with van der Waals surface area (Å²) < 4.78 is 1.60. The topological polar surface area (TPSA) is 75.7 Å². The molecule has 0 aliphatic carbocycles. The third-order valence-corrected chi connectivity index (χ3v) is 3.77. The van der Waals surface area contributed by atoms with Gasteiger partial charge in [-0.3, -0.25) is 0 Å². The zero-order chi connectivity index (χ0) is 14.3. The number of aromatic hydroxyl groups is 1. The number of rotatable bonds is 2. The van der Waals surface area contributed by atoms with Crippen molar-refractivity contribution in [1.29, 1.82) is 0 Å². The second kappa shape index (κ2) is 5.08. The SMILES string of the molecule is CSc1nnc2n1N=CC2=Nc1cc(Cl)c(O)c(Cl)c1. The molecule has 0 fully saturated rings. The first-order chi connectivity index (χ1) is 9.60. The molecule has 0 amide bonds. The number of hydrogen-bond acceptors (Lipinski definition) is 6. The fourth-order valence-electron chi connectivity index (χ4n) is 1.66. The van der Waals surface area contributed by atoms with Gasteiger partial charge in [0.05, 0.1) is 21.9 Å². The van der Waals surface area contributed by atoms with Crippen LogP contribution in [0.3, 0.4) is 0 Å². The van der Waals surface area contributed by atoms with E-state index < -0.39 is 0 Å². The van der Waals surface area contributed by atoms with Gasteiger partial charge in [-0.25, -0.2) is 4.99 Å². The van der Waals surface area contributed by atoms with Crippen LogP contribution in [0.15, 0.2) is 27.4 Å². The van der Waals surface area contributed by atoms with Gasteiger partial charge in [0.15, 0.2) is 5.75 Å². The van der Waals surface area contributed by atoms with E-state index >= 15 is 0 Å². The molecule has 0 spiro atoms. The molecule has 0 unspecified atom stereocenters. The minimum Gasteiger partial charge on any atom is -0.505 e. The summed E-state index contributed by atoms with van der Waals surface area (Å²) in [5, 5.41) is 22.7. The molecule has 3 rings (SSSR count). The fourth-order valence-corrected chi connectivity index (χ4v) is 2.57. The predicted octanol–water partition coefficient (Wildman–Crippen LogP) is 2.98. The lowest BCUT2D eigenvalue weighted by atomic mass is 10.3. The van der Waals surface area contributed by atoms with Crippen molar-refractivity contribution in [3.8, 4) is 5.75 Å². The molecule has 0 radical (unpaired) electrons. The Morgan fingerprint density at radius 2 is 1.95 bits per heavy atom. The first kappa shape index (κ1) is 13.4. The Bertz CT molecular complexity index is 732. The van der Waals surface area contributed by atoms with Crippen LogP contribution < -0.4 is 0 Å². The number of phenolic OH excluding ortho intramolecular Hbond substituents is 1. The molecule has 1 aliphatic rings. The predicted molar refractivity (Wildman–Crippen MR) is 80.0 cm³/mol. The lowest BCUT2D eigenvalue weighted by Crippen LogP contribution is -2.01. The Morgan fingerprint density at radius 1 is 1.25 bits per heavy atom. The molecule has 0 saturated carbocycles. The van der Waals surface area contributed by atoms with Crippen LogP contribution in [0.25, 0.3) is 0 Å². The Morgan fingerprint density at radius 3 is 2.60 bits per heavy atom. The normalized spacial score (nSPS) is 15.1. The fraction of sp³-hybridized carbons (Fsp3) is 0.0909. The maximum Gasteiger partial charge on any atom is 0.212 e. The molecule has 2 aromatic rings. The van der Waals surface area contributed by atoms with Crippen LogP contribution >= 0.6 is 35.0 Å². The second-order valence-electron chi connectivity index (χ2n) is 3.82. The number of hydrogen-bond donors (Lipinski definition) is 1.